The minimum Gasteiger partial charge on any atom is -0.379 e. The van der Waals surface area contributed by atoms with Crippen LogP contribution in [0.15, 0.2) is 4.63 Å². The van der Waals surface area contributed by atoms with E-state index in [9.17, 15) is 9.00 Å². The molecule has 0 aliphatic heterocycles. The summed E-state index contributed by atoms with van der Waals surface area (Å²) in [5.74, 6) is -0.538. The van der Waals surface area contributed by atoms with E-state index in [2.05, 4.69) is 20.3 Å². The zero-order chi connectivity index (χ0) is 11.4. The topological polar surface area (TPSA) is 111 Å². The van der Waals surface area contributed by atoms with Gasteiger partial charge in [0.2, 0.25) is 11.5 Å². The standard InChI is InChI=1S/C7H12N4O3S/c1-4(15(2)13)3-9-7(12)5-6(8)11-14-10-5/h4H,3H2,1-2H3,(H2,8,11)(H,9,12). The summed E-state index contributed by atoms with van der Waals surface area (Å²) in [6.07, 6.45) is 1.57. The molecule has 1 heterocycles. The van der Waals surface area contributed by atoms with E-state index in [-0.39, 0.29) is 23.3 Å². The molecular weight excluding hydrogens is 220 g/mol. The first-order valence-corrected chi connectivity index (χ1v) is 5.83. The van der Waals surface area contributed by atoms with Gasteiger partial charge in [-0.3, -0.25) is 9.00 Å². The zero-order valence-electron chi connectivity index (χ0n) is 8.39. The fourth-order valence-corrected chi connectivity index (χ4v) is 1.11. The molecule has 2 atom stereocenters. The van der Waals surface area contributed by atoms with E-state index in [1.54, 1.807) is 13.2 Å². The summed E-state index contributed by atoms with van der Waals surface area (Å²) in [7, 11) is -0.984. The highest BCUT2D eigenvalue weighted by Crippen LogP contribution is 2.03. The third-order valence-electron chi connectivity index (χ3n) is 1.85. The molecule has 1 aromatic heterocycles. The van der Waals surface area contributed by atoms with Crippen molar-refractivity contribution in [2.45, 2.75) is 12.2 Å². The van der Waals surface area contributed by atoms with Crippen molar-refractivity contribution in [3.63, 3.8) is 0 Å². The monoisotopic (exact) mass is 232 g/mol. The van der Waals surface area contributed by atoms with Crippen LogP contribution in [0.25, 0.3) is 0 Å². The highest BCUT2D eigenvalue weighted by molar-refractivity contribution is 7.84. The van der Waals surface area contributed by atoms with Crippen LogP contribution in [0.1, 0.15) is 17.4 Å². The van der Waals surface area contributed by atoms with Gasteiger partial charge >= 0.3 is 0 Å². The molecule has 0 aromatic carbocycles. The first-order chi connectivity index (χ1) is 7.02. The van der Waals surface area contributed by atoms with Crippen molar-refractivity contribution >= 4 is 22.5 Å². The van der Waals surface area contributed by atoms with Gasteiger partial charge in [-0.25, -0.2) is 4.63 Å². The van der Waals surface area contributed by atoms with E-state index in [0.29, 0.717) is 0 Å². The molecule has 0 aliphatic rings. The molecule has 2 unspecified atom stereocenters. The summed E-state index contributed by atoms with van der Waals surface area (Å²) in [6.45, 7) is 2.05. The number of hydrogen-bond donors (Lipinski definition) is 2. The maximum Gasteiger partial charge on any atom is 0.277 e. The zero-order valence-corrected chi connectivity index (χ0v) is 9.21. The molecule has 15 heavy (non-hydrogen) atoms. The quantitative estimate of drug-likeness (QED) is 0.699. The number of nitrogen functional groups attached to an aromatic ring is 1. The number of hydrogen-bond acceptors (Lipinski definition) is 6. The molecule has 3 N–H and O–H groups in total. The number of anilines is 1. The Morgan fingerprint density at radius 1 is 1.67 bits per heavy atom. The van der Waals surface area contributed by atoms with Gasteiger partial charge < -0.3 is 11.1 Å². The van der Waals surface area contributed by atoms with Crippen LogP contribution in [0, 0.1) is 0 Å². The van der Waals surface area contributed by atoms with Crippen molar-refractivity contribution in [3.05, 3.63) is 5.69 Å². The van der Waals surface area contributed by atoms with E-state index in [1.807, 2.05) is 0 Å². The summed E-state index contributed by atoms with van der Waals surface area (Å²) in [4.78, 5) is 11.4. The highest BCUT2D eigenvalue weighted by atomic mass is 32.2. The Hall–Kier alpha value is -1.44. The molecule has 0 fully saturated rings. The van der Waals surface area contributed by atoms with E-state index in [4.69, 9.17) is 5.73 Å². The van der Waals surface area contributed by atoms with Crippen molar-refractivity contribution in [1.82, 2.24) is 15.6 Å². The average molecular weight is 232 g/mol. The van der Waals surface area contributed by atoms with Crippen LogP contribution in [0.5, 0.6) is 0 Å². The third-order valence-corrected chi connectivity index (χ3v) is 3.15. The molecule has 1 rings (SSSR count). The Labute approximate surface area is 88.8 Å². The van der Waals surface area contributed by atoms with Crippen LogP contribution < -0.4 is 11.1 Å². The molecule has 0 spiro atoms. The molecule has 0 aliphatic carbocycles. The second-order valence-electron chi connectivity index (χ2n) is 3.02. The third kappa shape index (κ3) is 3.01. The van der Waals surface area contributed by atoms with Crippen LogP contribution in [-0.4, -0.2) is 38.5 Å². The molecule has 84 valence electrons. The summed E-state index contributed by atoms with van der Waals surface area (Å²) >= 11 is 0. The Morgan fingerprint density at radius 3 is 2.80 bits per heavy atom. The summed E-state index contributed by atoms with van der Waals surface area (Å²) in [5, 5.41) is 9.01. The summed E-state index contributed by atoms with van der Waals surface area (Å²) < 4.78 is 15.3. The second kappa shape index (κ2) is 4.87. The maximum absolute atomic E-state index is 11.4. The molecule has 1 amide bonds. The lowest BCUT2D eigenvalue weighted by Crippen LogP contribution is -2.33. The smallest absolute Gasteiger partial charge is 0.277 e. The molecule has 8 heteroatoms. The number of nitrogens with one attached hydrogen (secondary N) is 1. The molecule has 0 saturated heterocycles. The fourth-order valence-electron chi connectivity index (χ4n) is 0.790. The molecule has 1 aromatic rings. The van der Waals surface area contributed by atoms with Gasteiger partial charge in [-0.2, -0.15) is 0 Å². The number of nitrogens with zero attached hydrogens (tertiary/aromatic N) is 2. The number of rotatable bonds is 4. The maximum atomic E-state index is 11.4. The van der Waals surface area contributed by atoms with E-state index in [0.717, 1.165) is 0 Å². The van der Waals surface area contributed by atoms with E-state index < -0.39 is 16.7 Å². The van der Waals surface area contributed by atoms with Crippen molar-refractivity contribution < 1.29 is 13.6 Å². The van der Waals surface area contributed by atoms with E-state index in [1.165, 1.54) is 0 Å². The predicted octanol–water partition coefficient (Wildman–Crippen LogP) is -0.851. The lowest BCUT2D eigenvalue weighted by atomic mass is 10.4. The van der Waals surface area contributed by atoms with E-state index >= 15 is 0 Å². The molecule has 0 saturated carbocycles. The lowest BCUT2D eigenvalue weighted by molar-refractivity contribution is 0.0945. The van der Waals surface area contributed by atoms with Gasteiger partial charge in [-0.05, 0) is 17.2 Å². The normalized spacial score (nSPS) is 14.5. The second-order valence-corrected chi connectivity index (χ2v) is 4.82. The Balaban J connectivity index is 2.51. The number of aromatic nitrogens is 2. The SMILES string of the molecule is CC(CNC(=O)c1nonc1N)S(C)=O. The number of nitrogens with two attached hydrogens (primary N) is 1. The minimum atomic E-state index is -0.984. The van der Waals surface area contributed by atoms with Crippen molar-refractivity contribution in [3.8, 4) is 0 Å². The Bertz CT molecular complexity index is 378. The van der Waals surface area contributed by atoms with Gasteiger partial charge in [0.1, 0.15) is 0 Å². The molecular formula is C7H12N4O3S. The Kier molecular flexibility index (Phi) is 3.78. The van der Waals surface area contributed by atoms with Crippen LogP contribution in [0.4, 0.5) is 5.82 Å². The summed E-state index contributed by atoms with van der Waals surface area (Å²) in [5.41, 5.74) is 5.27. The van der Waals surface area contributed by atoms with Gasteiger partial charge in [0.15, 0.2) is 0 Å². The minimum absolute atomic E-state index is 0.0518. The molecule has 0 radical (unpaired) electrons. The van der Waals surface area contributed by atoms with Gasteiger partial charge in [0, 0.05) is 28.9 Å². The first-order valence-electron chi connectivity index (χ1n) is 4.20. The largest absolute Gasteiger partial charge is 0.379 e. The van der Waals surface area contributed by atoms with Gasteiger partial charge in [0.25, 0.3) is 5.91 Å². The fraction of sp³-hybridized carbons (Fsp3) is 0.571. The number of carbonyl (C=O) groups excluding carboxylic acids is 1. The highest BCUT2D eigenvalue weighted by Gasteiger charge is 2.16. The van der Waals surface area contributed by atoms with Crippen LogP contribution >= 0.6 is 0 Å². The van der Waals surface area contributed by atoms with Crippen molar-refractivity contribution in [1.29, 1.82) is 0 Å². The molecule has 7 nitrogen and oxygen atoms in total. The molecule has 0 bridgehead atoms. The van der Waals surface area contributed by atoms with Crippen LogP contribution in [0.2, 0.25) is 0 Å². The van der Waals surface area contributed by atoms with Crippen molar-refractivity contribution in [2.24, 2.45) is 0 Å². The first kappa shape index (κ1) is 11.6. The van der Waals surface area contributed by atoms with Gasteiger partial charge in [-0.15, -0.1) is 0 Å². The number of carbonyl (C=O) groups is 1. The summed E-state index contributed by atoms with van der Waals surface area (Å²) in [6, 6.07) is 0. The van der Waals surface area contributed by atoms with Gasteiger partial charge in [-0.1, -0.05) is 0 Å². The van der Waals surface area contributed by atoms with Crippen LogP contribution in [0.3, 0.4) is 0 Å². The van der Waals surface area contributed by atoms with Crippen molar-refractivity contribution in [2.75, 3.05) is 18.5 Å². The average Bonchev–Trinajstić information content (AvgIpc) is 2.60. The number of amides is 1. The van der Waals surface area contributed by atoms with Crippen LogP contribution in [-0.2, 0) is 10.8 Å². The van der Waals surface area contributed by atoms with Gasteiger partial charge in [0.05, 0.1) is 0 Å². The predicted molar refractivity (Wildman–Crippen MR) is 54.6 cm³/mol. The lowest BCUT2D eigenvalue weighted by Gasteiger charge is -2.08. The Morgan fingerprint density at radius 2 is 2.33 bits per heavy atom.